The van der Waals surface area contributed by atoms with Crippen molar-refractivity contribution in [3.05, 3.63) is 27.7 Å². The second kappa shape index (κ2) is 4.60. The molecule has 0 saturated heterocycles. The molecule has 0 aromatic heterocycles. The lowest BCUT2D eigenvalue weighted by Gasteiger charge is -2.05. The van der Waals surface area contributed by atoms with Crippen molar-refractivity contribution >= 4 is 39.1 Å². The lowest BCUT2D eigenvalue weighted by molar-refractivity contribution is -0.114. The van der Waals surface area contributed by atoms with E-state index in [1.165, 1.54) is 0 Å². The van der Waals surface area contributed by atoms with Crippen molar-refractivity contribution in [2.75, 3.05) is 11.9 Å². The van der Waals surface area contributed by atoms with E-state index in [9.17, 15) is 4.79 Å². The van der Waals surface area contributed by atoms with Gasteiger partial charge in [0.1, 0.15) is 0 Å². The van der Waals surface area contributed by atoms with Gasteiger partial charge in [-0.15, -0.1) is 0 Å². The number of nitrogens with two attached hydrogens (primary N) is 1. The highest BCUT2D eigenvalue weighted by Gasteiger charge is 2.03. The molecule has 0 atom stereocenters. The van der Waals surface area contributed by atoms with Gasteiger partial charge < -0.3 is 11.1 Å². The van der Waals surface area contributed by atoms with Gasteiger partial charge in [0.25, 0.3) is 0 Å². The van der Waals surface area contributed by atoms with Crippen molar-refractivity contribution in [3.8, 4) is 0 Å². The summed E-state index contributed by atoms with van der Waals surface area (Å²) < 4.78 is 0.851. The summed E-state index contributed by atoms with van der Waals surface area (Å²) in [4.78, 5) is 10.9. The summed E-state index contributed by atoms with van der Waals surface area (Å²) in [5.41, 5.74) is 5.70. The molecule has 3 N–H and O–H groups in total. The van der Waals surface area contributed by atoms with Gasteiger partial charge in [-0.05, 0) is 18.2 Å². The number of halogens is 2. The van der Waals surface area contributed by atoms with Crippen molar-refractivity contribution in [1.29, 1.82) is 0 Å². The third-order valence-corrected chi connectivity index (χ3v) is 2.21. The predicted octanol–water partition coefficient (Wildman–Crippen LogP) is 2.00. The van der Waals surface area contributed by atoms with Gasteiger partial charge >= 0.3 is 0 Å². The number of rotatable bonds is 2. The van der Waals surface area contributed by atoms with E-state index in [0.717, 1.165) is 4.47 Å². The summed E-state index contributed by atoms with van der Waals surface area (Å²) >= 11 is 9.09. The van der Waals surface area contributed by atoms with Gasteiger partial charge in [-0.1, -0.05) is 27.5 Å². The first-order valence-electron chi connectivity index (χ1n) is 3.58. The molecule has 0 spiro atoms. The topological polar surface area (TPSA) is 55.1 Å². The maximum atomic E-state index is 10.9. The van der Waals surface area contributed by atoms with Gasteiger partial charge in [0.05, 0.1) is 17.3 Å². The predicted molar refractivity (Wildman–Crippen MR) is 56.8 cm³/mol. The Morgan fingerprint density at radius 2 is 2.31 bits per heavy atom. The Bertz CT molecular complexity index is 330. The third kappa shape index (κ3) is 2.99. The molecular weight excluding hydrogens is 255 g/mol. The number of carbonyl (C=O) groups excluding carboxylic acids is 1. The number of anilines is 1. The van der Waals surface area contributed by atoms with Crippen molar-refractivity contribution in [2.45, 2.75) is 0 Å². The number of carbonyl (C=O) groups is 1. The van der Waals surface area contributed by atoms with Gasteiger partial charge in [0.15, 0.2) is 0 Å². The minimum absolute atomic E-state index is 0.0527. The molecule has 0 unspecified atom stereocenters. The van der Waals surface area contributed by atoms with Crippen LogP contribution in [-0.4, -0.2) is 12.5 Å². The number of hydrogen-bond donors (Lipinski definition) is 2. The maximum absolute atomic E-state index is 10.9. The van der Waals surface area contributed by atoms with Crippen LogP contribution in [0.1, 0.15) is 0 Å². The smallest absolute Gasteiger partial charge is 0.238 e. The van der Waals surface area contributed by atoms with Crippen LogP contribution in [0.4, 0.5) is 5.69 Å². The van der Waals surface area contributed by atoms with Gasteiger partial charge in [-0.25, -0.2) is 0 Å². The maximum Gasteiger partial charge on any atom is 0.238 e. The molecule has 0 aliphatic carbocycles. The molecule has 70 valence electrons. The zero-order chi connectivity index (χ0) is 9.84. The molecule has 1 rings (SSSR count). The van der Waals surface area contributed by atoms with E-state index in [0.29, 0.717) is 10.7 Å². The Morgan fingerprint density at radius 1 is 1.62 bits per heavy atom. The monoisotopic (exact) mass is 262 g/mol. The SMILES string of the molecule is NCC(=O)Nc1cc(Br)ccc1Cl. The summed E-state index contributed by atoms with van der Waals surface area (Å²) in [5, 5.41) is 3.07. The first-order chi connectivity index (χ1) is 6.13. The van der Waals surface area contributed by atoms with Gasteiger partial charge in [0, 0.05) is 4.47 Å². The van der Waals surface area contributed by atoms with Crippen LogP contribution in [0.5, 0.6) is 0 Å². The summed E-state index contributed by atoms with van der Waals surface area (Å²) in [6, 6.07) is 5.20. The summed E-state index contributed by atoms with van der Waals surface area (Å²) in [5.74, 6) is -0.264. The molecule has 0 bridgehead atoms. The Balaban J connectivity index is 2.87. The second-order valence-corrected chi connectivity index (χ2v) is 3.70. The largest absolute Gasteiger partial charge is 0.324 e. The fraction of sp³-hybridized carbons (Fsp3) is 0.125. The van der Waals surface area contributed by atoms with Crippen molar-refractivity contribution in [1.82, 2.24) is 0 Å². The van der Waals surface area contributed by atoms with Crippen LogP contribution >= 0.6 is 27.5 Å². The van der Waals surface area contributed by atoms with Gasteiger partial charge in [-0.2, -0.15) is 0 Å². The van der Waals surface area contributed by atoms with Crippen LogP contribution in [0.15, 0.2) is 22.7 Å². The lowest BCUT2D eigenvalue weighted by atomic mass is 10.3. The van der Waals surface area contributed by atoms with Crippen LogP contribution in [-0.2, 0) is 4.79 Å². The Morgan fingerprint density at radius 3 is 2.92 bits per heavy atom. The van der Waals surface area contributed by atoms with Crippen molar-refractivity contribution < 1.29 is 4.79 Å². The summed E-state index contributed by atoms with van der Waals surface area (Å²) in [6.07, 6.45) is 0. The molecular formula is C8H8BrClN2O. The second-order valence-electron chi connectivity index (χ2n) is 2.38. The fourth-order valence-electron chi connectivity index (χ4n) is 0.795. The zero-order valence-corrected chi connectivity index (χ0v) is 9.02. The fourth-order valence-corrected chi connectivity index (χ4v) is 1.32. The highest BCUT2D eigenvalue weighted by Crippen LogP contribution is 2.25. The van der Waals surface area contributed by atoms with E-state index in [4.69, 9.17) is 17.3 Å². The number of amides is 1. The molecule has 0 fully saturated rings. The lowest BCUT2D eigenvalue weighted by Crippen LogP contribution is -2.21. The van der Waals surface area contributed by atoms with E-state index in [1.807, 2.05) is 0 Å². The van der Waals surface area contributed by atoms with E-state index in [-0.39, 0.29) is 12.5 Å². The van der Waals surface area contributed by atoms with Crippen LogP contribution in [0.25, 0.3) is 0 Å². The van der Waals surface area contributed by atoms with Gasteiger partial charge in [-0.3, -0.25) is 4.79 Å². The van der Waals surface area contributed by atoms with E-state index < -0.39 is 0 Å². The highest BCUT2D eigenvalue weighted by molar-refractivity contribution is 9.10. The Hall–Kier alpha value is -0.580. The standard InChI is InChI=1S/C8H8BrClN2O/c9-5-1-2-6(10)7(3-5)12-8(13)4-11/h1-3H,4,11H2,(H,12,13). The first kappa shape index (κ1) is 10.5. The summed E-state index contributed by atoms with van der Waals surface area (Å²) in [6.45, 7) is -0.0527. The molecule has 1 aromatic carbocycles. The summed E-state index contributed by atoms with van der Waals surface area (Å²) in [7, 11) is 0. The molecule has 5 heteroatoms. The first-order valence-corrected chi connectivity index (χ1v) is 4.75. The van der Waals surface area contributed by atoms with Crippen molar-refractivity contribution in [3.63, 3.8) is 0 Å². The van der Waals surface area contributed by atoms with E-state index >= 15 is 0 Å². The third-order valence-electron chi connectivity index (χ3n) is 1.39. The average molecular weight is 264 g/mol. The molecule has 0 aliphatic rings. The Labute approximate surface area is 89.4 Å². The van der Waals surface area contributed by atoms with E-state index in [1.54, 1.807) is 18.2 Å². The molecule has 0 saturated carbocycles. The van der Waals surface area contributed by atoms with Crippen molar-refractivity contribution in [2.24, 2.45) is 5.73 Å². The van der Waals surface area contributed by atoms with Crippen LogP contribution in [0, 0.1) is 0 Å². The Kier molecular flexibility index (Phi) is 3.71. The highest BCUT2D eigenvalue weighted by atomic mass is 79.9. The molecule has 0 heterocycles. The zero-order valence-electron chi connectivity index (χ0n) is 6.68. The molecule has 0 radical (unpaired) electrons. The minimum atomic E-state index is -0.264. The number of hydrogen-bond acceptors (Lipinski definition) is 2. The average Bonchev–Trinajstić information content (AvgIpc) is 2.11. The van der Waals surface area contributed by atoms with Crippen LogP contribution in [0.2, 0.25) is 5.02 Å². The number of benzene rings is 1. The minimum Gasteiger partial charge on any atom is -0.324 e. The van der Waals surface area contributed by atoms with E-state index in [2.05, 4.69) is 21.2 Å². The number of nitrogens with one attached hydrogen (secondary N) is 1. The van der Waals surface area contributed by atoms with Gasteiger partial charge in [0.2, 0.25) is 5.91 Å². The molecule has 1 amide bonds. The molecule has 1 aromatic rings. The molecule has 0 aliphatic heterocycles. The quantitative estimate of drug-likeness (QED) is 0.857. The van der Waals surface area contributed by atoms with Crippen LogP contribution in [0.3, 0.4) is 0 Å². The normalized spacial score (nSPS) is 9.77. The molecule has 3 nitrogen and oxygen atoms in total. The van der Waals surface area contributed by atoms with Crippen LogP contribution < -0.4 is 11.1 Å². The molecule has 13 heavy (non-hydrogen) atoms.